The lowest BCUT2D eigenvalue weighted by atomic mass is 10.1. The van der Waals surface area contributed by atoms with Crippen LogP contribution in [-0.2, 0) is 0 Å². The van der Waals surface area contributed by atoms with Crippen LogP contribution in [0.15, 0.2) is 46.9 Å². The number of furan rings is 1. The van der Waals surface area contributed by atoms with Crippen molar-refractivity contribution in [3.05, 3.63) is 48.2 Å². The molecule has 0 aliphatic carbocycles. The van der Waals surface area contributed by atoms with Crippen molar-refractivity contribution in [3.63, 3.8) is 0 Å². The number of nitrogens with one attached hydrogen (secondary N) is 1. The average Bonchev–Trinajstić information content (AvgIpc) is 2.68. The maximum atomic E-state index is 5.82. The van der Waals surface area contributed by atoms with Crippen molar-refractivity contribution >= 4 is 11.0 Å². The van der Waals surface area contributed by atoms with Crippen LogP contribution in [0.2, 0.25) is 0 Å². The highest BCUT2D eigenvalue weighted by Gasteiger charge is 2.15. The fraction of sp³-hybridized carbons (Fsp3) is 0.286. The lowest BCUT2D eigenvalue weighted by Crippen LogP contribution is -2.20. The second kappa shape index (κ2) is 4.54. The van der Waals surface area contributed by atoms with E-state index in [1.807, 2.05) is 25.1 Å². The molecule has 16 heavy (non-hydrogen) atoms. The molecule has 2 aromatic rings. The van der Waals surface area contributed by atoms with Gasteiger partial charge in [0.1, 0.15) is 11.3 Å². The van der Waals surface area contributed by atoms with Crippen LogP contribution in [0, 0.1) is 0 Å². The number of rotatable bonds is 4. The Balaban J connectivity index is 2.40. The monoisotopic (exact) mass is 215 g/mol. The van der Waals surface area contributed by atoms with Gasteiger partial charge in [-0.1, -0.05) is 37.3 Å². The summed E-state index contributed by atoms with van der Waals surface area (Å²) in [6.07, 6.45) is 0. The maximum Gasteiger partial charge on any atom is 0.134 e. The molecule has 0 saturated heterocycles. The van der Waals surface area contributed by atoms with E-state index in [1.54, 1.807) is 0 Å². The molecule has 1 aromatic carbocycles. The summed E-state index contributed by atoms with van der Waals surface area (Å²) in [5.74, 6) is 0.940. The Labute approximate surface area is 96.0 Å². The van der Waals surface area contributed by atoms with Crippen LogP contribution in [0.25, 0.3) is 11.0 Å². The fourth-order valence-electron chi connectivity index (χ4n) is 1.87. The van der Waals surface area contributed by atoms with Gasteiger partial charge < -0.3 is 9.73 Å². The van der Waals surface area contributed by atoms with Gasteiger partial charge in [-0.3, -0.25) is 0 Å². The molecule has 2 nitrogen and oxygen atoms in total. The van der Waals surface area contributed by atoms with Crippen molar-refractivity contribution in [1.29, 1.82) is 0 Å². The maximum absolute atomic E-state index is 5.82. The lowest BCUT2D eigenvalue weighted by molar-refractivity contribution is 0.473. The molecule has 1 N–H and O–H groups in total. The van der Waals surface area contributed by atoms with Gasteiger partial charge in [0.2, 0.25) is 0 Å². The molecule has 2 rings (SSSR count). The molecule has 1 atom stereocenters. The van der Waals surface area contributed by atoms with E-state index < -0.39 is 0 Å². The summed E-state index contributed by atoms with van der Waals surface area (Å²) in [6, 6.07) is 10.2. The number of benzene rings is 1. The second-order valence-electron chi connectivity index (χ2n) is 4.02. The van der Waals surface area contributed by atoms with E-state index in [1.165, 1.54) is 0 Å². The van der Waals surface area contributed by atoms with Crippen LogP contribution in [0.1, 0.15) is 25.6 Å². The van der Waals surface area contributed by atoms with Crippen LogP contribution in [-0.4, -0.2) is 6.54 Å². The van der Waals surface area contributed by atoms with Gasteiger partial charge >= 0.3 is 0 Å². The van der Waals surface area contributed by atoms with Crippen LogP contribution in [0.5, 0.6) is 0 Å². The van der Waals surface area contributed by atoms with Gasteiger partial charge in [0, 0.05) is 5.39 Å². The summed E-state index contributed by atoms with van der Waals surface area (Å²) >= 11 is 0. The number of hydrogen-bond donors (Lipinski definition) is 1. The Morgan fingerprint density at radius 3 is 2.81 bits per heavy atom. The number of fused-ring (bicyclic) bond motifs is 1. The molecule has 0 fully saturated rings. The van der Waals surface area contributed by atoms with Crippen molar-refractivity contribution in [2.24, 2.45) is 0 Å². The van der Waals surface area contributed by atoms with Crippen LogP contribution >= 0.6 is 0 Å². The third kappa shape index (κ3) is 2.02. The standard InChI is InChI=1S/C14H17NO/c1-4-15-14(10(2)3)13-9-11-7-5-6-8-12(11)16-13/h5-9,14-15H,2,4H2,1,3H3. The zero-order valence-electron chi connectivity index (χ0n) is 9.79. The van der Waals surface area contributed by atoms with Gasteiger partial charge in [-0.2, -0.15) is 0 Å². The lowest BCUT2D eigenvalue weighted by Gasteiger charge is -2.14. The smallest absolute Gasteiger partial charge is 0.134 e. The van der Waals surface area contributed by atoms with E-state index >= 15 is 0 Å². The first-order valence-electron chi connectivity index (χ1n) is 5.59. The van der Waals surface area contributed by atoms with Gasteiger partial charge in [-0.15, -0.1) is 0 Å². The summed E-state index contributed by atoms with van der Waals surface area (Å²) in [6.45, 7) is 8.99. The summed E-state index contributed by atoms with van der Waals surface area (Å²) in [7, 11) is 0. The Morgan fingerprint density at radius 2 is 2.19 bits per heavy atom. The van der Waals surface area contributed by atoms with Gasteiger partial charge in [-0.05, 0) is 25.6 Å². The third-order valence-corrected chi connectivity index (χ3v) is 2.63. The number of likely N-dealkylation sites (N-methyl/N-ethyl adjacent to an activating group) is 1. The van der Waals surface area contributed by atoms with Crippen molar-refractivity contribution in [1.82, 2.24) is 5.32 Å². The normalized spacial score (nSPS) is 12.9. The van der Waals surface area contributed by atoms with Gasteiger partial charge in [0.25, 0.3) is 0 Å². The molecule has 1 heterocycles. The highest BCUT2D eigenvalue weighted by molar-refractivity contribution is 5.77. The average molecular weight is 215 g/mol. The molecule has 84 valence electrons. The zero-order chi connectivity index (χ0) is 11.5. The largest absolute Gasteiger partial charge is 0.459 e. The third-order valence-electron chi connectivity index (χ3n) is 2.63. The minimum Gasteiger partial charge on any atom is -0.459 e. The molecular weight excluding hydrogens is 198 g/mol. The molecule has 1 aromatic heterocycles. The molecule has 0 aliphatic rings. The molecule has 1 unspecified atom stereocenters. The molecule has 0 spiro atoms. The number of hydrogen-bond acceptors (Lipinski definition) is 2. The van der Waals surface area contributed by atoms with E-state index in [2.05, 4.69) is 31.0 Å². The van der Waals surface area contributed by atoms with Crippen molar-refractivity contribution < 1.29 is 4.42 Å². The fourth-order valence-corrected chi connectivity index (χ4v) is 1.87. The number of para-hydroxylation sites is 1. The predicted molar refractivity (Wildman–Crippen MR) is 67.4 cm³/mol. The molecule has 0 amide bonds. The topological polar surface area (TPSA) is 25.2 Å². The highest BCUT2D eigenvalue weighted by Crippen LogP contribution is 2.27. The molecule has 0 bridgehead atoms. The molecule has 0 aliphatic heterocycles. The van der Waals surface area contributed by atoms with E-state index in [0.29, 0.717) is 0 Å². The highest BCUT2D eigenvalue weighted by atomic mass is 16.3. The van der Waals surface area contributed by atoms with Crippen molar-refractivity contribution in [3.8, 4) is 0 Å². The van der Waals surface area contributed by atoms with E-state index in [4.69, 9.17) is 4.42 Å². The van der Waals surface area contributed by atoms with Gasteiger partial charge in [0.15, 0.2) is 0 Å². The predicted octanol–water partition coefficient (Wildman–Crippen LogP) is 3.66. The molecule has 2 heteroatoms. The zero-order valence-corrected chi connectivity index (χ0v) is 9.79. The van der Waals surface area contributed by atoms with Gasteiger partial charge in [0.05, 0.1) is 6.04 Å². The van der Waals surface area contributed by atoms with Crippen molar-refractivity contribution in [2.75, 3.05) is 6.54 Å². The summed E-state index contributed by atoms with van der Waals surface area (Å²) < 4.78 is 5.82. The molecule has 0 radical (unpaired) electrons. The molecular formula is C14H17NO. The minimum atomic E-state index is 0.109. The van der Waals surface area contributed by atoms with Crippen LogP contribution in [0.3, 0.4) is 0 Å². The van der Waals surface area contributed by atoms with Crippen LogP contribution in [0.4, 0.5) is 0 Å². The first-order valence-corrected chi connectivity index (χ1v) is 5.59. The summed E-state index contributed by atoms with van der Waals surface area (Å²) in [5, 5.41) is 4.51. The summed E-state index contributed by atoms with van der Waals surface area (Å²) in [5.41, 5.74) is 2.00. The van der Waals surface area contributed by atoms with Gasteiger partial charge in [-0.25, -0.2) is 0 Å². The quantitative estimate of drug-likeness (QED) is 0.787. The Morgan fingerprint density at radius 1 is 1.44 bits per heavy atom. The van der Waals surface area contributed by atoms with Crippen LogP contribution < -0.4 is 5.32 Å². The Hall–Kier alpha value is -1.54. The minimum absolute atomic E-state index is 0.109. The van der Waals surface area contributed by atoms with E-state index in [0.717, 1.165) is 28.8 Å². The first kappa shape index (κ1) is 11.0. The molecule has 0 saturated carbocycles. The Bertz CT molecular complexity index is 465. The second-order valence-corrected chi connectivity index (χ2v) is 4.02. The first-order chi connectivity index (χ1) is 7.72. The Kier molecular flexibility index (Phi) is 3.11. The summed E-state index contributed by atoms with van der Waals surface area (Å²) in [4.78, 5) is 0. The van der Waals surface area contributed by atoms with E-state index in [-0.39, 0.29) is 6.04 Å². The SMILES string of the molecule is C=C(C)C(NCC)c1cc2ccccc2o1. The van der Waals surface area contributed by atoms with Crippen molar-refractivity contribution in [2.45, 2.75) is 19.9 Å². The van der Waals surface area contributed by atoms with E-state index in [9.17, 15) is 0 Å².